The molecule has 0 atom stereocenters. The molecule has 112 valence electrons. The first-order chi connectivity index (χ1) is 9.85. The van der Waals surface area contributed by atoms with E-state index < -0.39 is 27.3 Å². The molecule has 5 nitrogen and oxygen atoms in total. The van der Waals surface area contributed by atoms with Gasteiger partial charge in [-0.05, 0) is 24.6 Å². The Labute approximate surface area is 121 Å². The van der Waals surface area contributed by atoms with Crippen LogP contribution in [0.1, 0.15) is 5.56 Å². The van der Waals surface area contributed by atoms with Crippen molar-refractivity contribution >= 4 is 21.4 Å². The highest BCUT2D eigenvalue weighted by molar-refractivity contribution is 7.92. The molecule has 0 aliphatic rings. The molecular formula is C13H13F2N3O2S. The number of nitrogens with one attached hydrogen (secondary N) is 2. The average Bonchev–Trinajstić information content (AvgIpc) is 2.44. The van der Waals surface area contributed by atoms with Crippen molar-refractivity contribution in [3.8, 4) is 0 Å². The number of hydrogen-bond donors (Lipinski definition) is 2. The summed E-state index contributed by atoms with van der Waals surface area (Å²) in [6, 6.07) is 3.19. The minimum atomic E-state index is -4.09. The highest BCUT2D eigenvalue weighted by Gasteiger charge is 2.20. The molecule has 0 unspecified atom stereocenters. The van der Waals surface area contributed by atoms with Crippen LogP contribution in [-0.4, -0.2) is 20.4 Å². The largest absolute Gasteiger partial charge is 0.387 e. The number of benzene rings is 1. The molecule has 0 amide bonds. The fourth-order valence-electron chi connectivity index (χ4n) is 1.72. The Bertz CT molecular complexity index is 779. The van der Waals surface area contributed by atoms with Gasteiger partial charge in [-0.1, -0.05) is 0 Å². The number of sulfonamides is 1. The lowest BCUT2D eigenvalue weighted by molar-refractivity contribution is 0.590. The zero-order chi connectivity index (χ0) is 15.6. The molecular weight excluding hydrogens is 300 g/mol. The molecule has 0 radical (unpaired) electrons. The Hall–Kier alpha value is -2.22. The number of rotatable bonds is 4. The summed E-state index contributed by atoms with van der Waals surface area (Å²) >= 11 is 0. The van der Waals surface area contributed by atoms with E-state index in [0.717, 1.165) is 18.3 Å². The maximum absolute atomic E-state index is 13.7. The van der Waals surface area contributed by atoms with E-state index in [0.29, 0.717) is 5.69 Å². The van der Waals surface area contributed by atoms with Crippen LogP contribution in [0.15, 0.2) is 35.5 Å². The Balaban J connectivity index is 2.45. The quantitative estimate of drug-likeness (QED) is 0.910. The van der Waals surface area contributed by atoms with E-state index in [9.17, 15) is 17.2 Å². The molecule has 0 spiro atoms. The molecule has 1 aromatic carbocycles. The maximum Gasteiger partial charge on any atom is 0.265 e. The van der Waals surface area contributed by atoms with Gasteiger partial charge in [-0.25, -0.2) is 17.2 Å². The molecule has 1 aromatic heterocycles. The van der Waals surface area contributed by atoms with E-state index in [2.05, 4.69) is 10.3 Å². The molecule has 0 aliphatic carbocycles. The Morgan fingerprint density at radius 2 is 1.86 bits per heavy atom. The van der Waals surface area contributed by atoms with Crippen molar-refractivity contribution in [3.05, 3.63) is 47.8 Å². The van der Waals surface area contributed by atoms with Crippen molar-refractivity contribution in [1.82, 2.24) is 4.98 Å². The van der Waals surface area contributed by atoms with Crippen molar-refractivity contribution in [3.63, 3.8) is 0 Å². The van der Waals surface area contributed by atoms with Crippen LogP contribution in [0.3, 0.4) is 0 Å². The number of nitrogens with zero attached hydrogens (tertiary/aromatic N) is 1. The van der Waals surface area contributed by atoms with Crippen molar-refractivity contribution in [2.45, 2.75) is 11.8 Å². The maximum atomic E-state index is 13.7. The normalized spacial score (nSPS) is 11.2. The standard InChI is InChI=1S/C13H13F2N3O2S/c1-8-5-10(15)12(6-9(8)14)18-21(19,20)13-7-17-4-3-11(13)16-2/h3-7,18H,1-2H3,(H,16,17). The van der Waals surface area contributed by atoms with Crippen LogP contribution in [-0.2, 0) is 10.0 Å². The molecule has 0 bridgehead atoms. The highest BCUT2D eigenvalue weighted by atomic mass is 32.2. The molecule has 2 N–H and O–H groups in total. The van der Waals surface area contributed by atoms with Crippen molar-refractivity contribution < 1.29 is 17.2 Å². The van der Waals surface area contributed by atoms with Gasteiger partial charge in [-0.15, -0.1) is 0 Å². The number of hydrogen-bond acceptors (Lipinski definition) is 4. The fraction of sp³-hybridized carbons (Fsp3) is 0.154. The Kier molecular flexibility index (Phi) is 4.08. The van der Waals surface area contributed by atoms with Crippen molar-refractivity contribution in [2.24, 2.45) is 0 Å². The van der Waals surface area contributed by atoms with Crippen molar-refractivity contribution in [2.75, 3.05) is 17.1 Å². The summed E-state index contributed by atoms with van der Waals surface area (Å²) in [5.74, 6) is -1.55. The van der Waals surface area contributed by atoms with Gasteiger partial charge in [0, 0.05) is 25.5 Å². The molecule has 2 rings (SSSR count). The number of aryl methyl sites for hydroxylation is 1. The lowest BCUT2D eigenvalue weighted by Crippen LogP contribution is -2.16. The van der Waals surface area contributed by atoms with Gasteiger partial charge in [0.1, 0.15) is 16.5 Å². The van der Waals surface area contributed by atoms with Crippen LogP contribution in [0.25, 0.3) is 0 Å². The third-order valence-corrected chi connectivity index (χ3v) is 4.23. The van der Waals surface area contributed by atoms with Gasteiger partial charge in [-0.3, -0.25) is 9.71 Å². The van der Waals surface area contributed by atoms with Crippen LogP contribution in [0.2, 0.25) is 0 Å². The number of halogens is 2. The lowest BCUT2D eigenvalue weighted by Gasteiger charge is -2.12. The van der Waals surface area contributed by atoms with Gasteiger partial charge in [0.05, 0.1) is 11.4 Å². The highest BCUT2D eigenvalue weighted by Crippen LogP contribution is 2.25. The summed E-state index contributed by atoms with van der Waals surface area (Å²) in [6.45, 7) is 1.39. The van der Waals surface area contributed by atoms with Gasteiger partial charge in [-0.2, -0.15) is 0 Å². The summed E-state index contributed by atoms with van der Waals surface area (Å²) in [6.07, 6.45) is 2.54. The van der Waals surface area contributed by atoms with E-state index in [-0.39, 0.29) is 10.5 Å². The topological polar surface area (TPSA) is 71.1 Å². The Morgan fingerprint density at radius 3 is 2.52 bits per heavy atom. The van der Waals surface area contributed by atoms with E-state index in [4.69, 9.17) is 0 Å². The summed E-state index contributed by atoms with van der Waals surface area (Å²) in [4.78, 5) is 3.57. The second-order valence-corrected chi connectivity index (χ2v) is 5.96. The van der Waals surface area contributed by atoms with Crippen LogP contribution in [0.4, 0.5) is 20.2 Å². The van der Waals surface area contributed by atoms with E-state index in [1.165, 1.54) is 19.2 Å². The van der Waals surface area contributed by atoms with E-state index in [1.807, 2.05) is 4.72 Å². The number of aromatic nitrogens is 1. The molecule has 21 heavy (non-hydrogen) atoms. The molecule has 0 saturated heterocycles. The second-order valence-electron chi connectivity index (χ2n) is 4.31. The molecule has 0 saturated carbocycles. The number of pyridine rings is 1. The minimum Gasteiger partial charge on any atom is -0.387 e. The summed E-state index contributed by atoms with van der Waals surface area (Å²) < 4.78 is 53.7. The van der Waals surface area contributed by atoms with Crippen LogP contribution >= 0.6 is 0 Å². The first-order valence-corrected chi connectivity index (χ1v) is 7.43. The van der Waals surface area contributed by atoms with Gasteiger partial charge in [0.15, 0.2) is 0 Å². The zero-order valence-corrected chi connectivity index (χ0v) is 12.1. The summed E-state index contributed by atoms with van der Waals surface area (Å²) in [5, 5.41) is 2.70. The lowest BCUT2D eigenvalue weighted by atomic mass is 10.2. The third kappa shape index (κ3) is 3.10. The monoisotopic (exact) mass is 313 g/mol. The molecule has 8 heteroatoms. The minimum absolute atomic E-state index is 0.0905. The second kappa shape index (κ2) is 5.65. The molecule has 0 fully saturated rings. The average molecular weight is 313 g/mol. The predicted octanol–water partition coefficient (Wildman–Crippen LogP) is 2.51. The van der Waals surface area contributed by atoms with Crippen LogP contribution < -0.4 is 10.0 Å². The molecule has 2 aromatic rings. The first kappa shape index (κ1) is 15.2. The molecule has 0 aliphatic heterocycles. The van der Waals surface area contributed by atoms with Gasteiger partial charge < -0.3 is 5.32 Å². The third-order valence-electron chi connectivity index (χ3n) is 2.84. The van der Waals surface area contributed by atoms with Crippen molar-refractivity contribution in [1.29, 1.82) is 0 Å². The smallest absolute Gasteiger partial charge is 0.265 e. The fourth-order valence-corrected chi connectivity index (χ4v) is 2.94. The first-order valence-electron chi connectivity index (χ1n) is 5.95. The van der Waals surface area contributed by atoms with Gasteiger partial charge in [0.25, 0.3) is 10.0 Å². The van der Waals surface area contributed by atoms with Gasteiger partial charge >= 0.3 is 0 Å². The van der Waals surface area contributed by atoms with E-state index in [1.54, 1.807) is 7.05 Å². The SMILES string of the molecule is CNc1ccncc1S(=O)(=O)Nc1cc(F)c(C)cc1F. The van der Waals surface area contributed by atoms with Crippen LogP contribution in [0, 0.1) is 18.6 Å². The number of anilines is 2. The summed E-state index contributed by atoms with van der Waals surface area (Å²) in [5.41, 5.74) is -0.0674. The molecule has 1 heterocycles. The van der Waals surface area contributed by atoms with Crippen LogP contribution in [0.5, 0.6) is 0 Å². The van der Waals surface area contributed by atoms with Gasteiger partial charge in [0.2, 0.25) is 0 Å². The van der Waals surface area contributed by atoms with E-state index >= 15 is 0 Å². The zero-order valence-electron chi connectivity index (χ0n) is 11.3. The Morgan fingerprint density at radius 1 is 1.14 bits per heavy atom. The summed E-state index contributed by atoms with van der Waals surface area (Å²) in [7, 11) is -2.55. The predicted molar refractivity (Wildman–Crippen MR) is 75.7 cm³/mol.